The summed E-state index contributed by atoms with van der Waals surface area (Å²) in [6.45, 7) is 3.88. The van der Waals surface area contributed by atoms with E-state index in [1.807, 2.05) is 56.3 Å². The molecule has 0 radical (unpaired) electrons. The highest BCUT2D eigenvalue weighted by molar-refractivity contribution is 14.1. The van der Waals surface area contributed by atoms with Crippen LogP contribution in [0.15, 0.2) is 42.5 Å². The second-order valence-corrected chi connectivity index (χ2v) is 7.00. The van der Waals surface area contributed by atoms with Crippen molar-refractivity contribution in [3.63, 3.8) is 0 Å². The van der Waals surface area contributed by atoms with Crippen molar-refractivity contribution in [2.75, 3.05) is 7.11 Å². The van der Waals surface area contributed by atoms with Crippen LogP contribution in [0.3, 0.4) is 0 Å². The SMILES string of the molecule is COC(=O)[C@@H](Cc1ccc(I)cc1)NC(=O)c1cc(C)cc(C)c1. The molecule has 2 aromatic carbocycles. The van der Waals surface area contributed by atoms with E-state index >= 15 is 0 Å². The molecular formula is C19H20INO3. The zero-order chi connectivity index (χ0) is 17.7. The molecule has 0 aliphatic carbocycles. The molecule has 24 heavy (non-hydrogen) atoms. The van der Waals surface area contributed by atoms with Gasteiger partial charge in [0, 0.05) is 15.6 Å². The fourth-order valence-electron chi connectivity index (χ4n) is 2.54. The molecule has 5 heteroatoms. The van der Waals surface area contributed by atoms with Crippen LogP contribution in [0.5, 0.6) is 0 Å². The Morgan fingerprint density at radius 1 is 1.08 bits per heavy atom. The van der Waals surface area contributed by atoms with Gasteiger partial charge in [-0.25, -0.2) is 4.79 Å². The van der Waals surface area contributed by atoms with Gasteiger partial charge in [0.25, 0.3) is 5.91 Å². The lowest BCUT2D eigenvalue weighted by Gasteiger charge is -2.17. The minimum absolute atomic E-state index is 0.275. The Bertz CT molecular complexity index is 721. The van der Waals surface area contributed by atoms with Crippen LogP contribution in [0, 0.1) is 17.4 Å². The molecule has 0 fully saturated rings. The molecule has 0 unspecified atom stereocenters. The van der Waals surface area contributed by atoms with Gasteiger partial charge in [0.15, 0.2) is 0 Å². The summed E-state index contributed by atoms with van der Waals surface area (Å²) in [7, 11) is 1.33. The minimum atomic E-state index is -0.719. The van der Waals surface area contributed by atoms with Gasteiger partial charge in [0.05, 0.1) is 7.11 Å². The molecule has 1 atom stereocenters. The van der Waals surface area contributed by atoms with Gasteiger partial charge in [-0.05, 0) is 66.3 Å². The Morgan fingerprint density at radius 3 is 2.21 bits per heavy atom. The van der Waals surface area contributed by atoms with E-state index in [0.29, 0.717) is 12.0 Å². The fourth-order valence-corrected chi connectivity index (χ4v) is 2.90. The minimum Gasteiger partial charge on any atom is -0.467 e. The van der Waals surface area contributed by atoms with E-state index in [1.165, 1.54) is 7.11 Å². The molecule has 0 saturated heterocycles. The first-order valence-electron chi connectivity index (χ1n) is 7.60. The molecule has 0 aromatic heterocycles. The molecule has 0 saturated carbocycles. The Hall–Kier alpha value is -1.89. The van der Waals surface area contributed by atoms with Gasteiger partial charge in [0.2, 0.25) is 0 Å². The number of hydrogen-bond acceptors (Lipinski definition) is 3. The number of ether oxygens (including phenoxy) is 1. The summed E-state index contributed by atoms with van der Waals surface area (Å²) in [5, 5.41) is 2.79. The van der Waals surface area contributed by atoms with E-state index in [9.17, 15) is 9.59 Å². The standard InChI is InChI=1S/C19H20INO3/c1-12-8-13(2)10-15(9-12)18(22)21-17(19(23)24-3)11-14-4-6-16(20)7-5-14/h4-10,17H,11H2,1-3H3,(H,21,22)/t17-/m1/s1. The summed E-state index contributed by atoms with van der Waals surface area (Å²) < 4.78 is 5.95. The Balaban J connectivity index is 2.17. The van der Waals surface area contributed by atoms with E-state index in [-0.39, 0.29) is 5.91 Å². The number of amides is 1. The van der Waals surface area contributed by atoms with Crippen molar-refractivity contribution in [3.05, 3.63) is 68.3 Å². The molecule has 2 rings (SSSR count). The predicted octanol–water partition coefficient (Wildman–Crippen LogP) is 3.42. The molecule has 0 spiro atoms. The maximum absolute atomic E-state index is 12.5. The van der Waals surface area contributed by atoms with Gasteiger partial charge >= 0.3 is 5.97 Å². The zero-order valence-corrected chi connectivity index (χ0v) is 16.1. The predicted molar refractivity (Wildman–Crippen MR) is 102 cm³/mol. The number of nitrogens with one attached hydrogen (secondary N) is 1. The summed E-state index contributed by atoms with van der Waals surface area (Å²) in [6, 6.07) is 12.7. The lowest BCUT2D eigenvalue weighted by atomic mass is 10.0. The summed E-state index contributed by atoms with van der Waals surface area (Å²) in [4.78, 5) is 24.5. The highest BCUT2D eigenvalue weighted by atomic mass is 127. The third-order valence-electron chi connectivity index (χ3n) is 3.63. The molecule has 0 bridgehead atoms. The summed E-state index contributed by atoms with van der Waals surface area (Å²) in [6.07, 6.45) is 0.389. The van der Waals surface area contributed by atoms with E-state index in [4.69, 9.17) is 4.74 Å². The number of hydrogen-bond donors (Lipinski definition) is 1. The van der Waals surface area contributed by atoms with Gasteiger partial charge in [-0.15, -0.1) is 0 Å². The van der Waals surface area contributed by atoms with Gasteiger partial charge < -0.3 is 10.1 Å². The van der Waals surface area contributed by atoms with Crippen molar-refractivity contribution in [1.29, 1.82) is 0 Å². The van der Waals surface area contributed by atoms with Crippen LogP contribution in [-0.4, -0.2) is 25.0 Å². The van der Waals surface area contributed by atoms with E-state index in [0.717, 1.165) is 20.3 Å². The molecule has 2 aromatic rings. The van der Waals surface area contributed by atoms with Crippen LogP contribution in [0.2, 0.25) is 0 Å². The fraction of sp³-hybridized carbons (Fsp3) is 0.263. The number of aryl methyl sites for hydroxylation is 2. The number of halogens is 1. The highest BCUT2D eigenvalue weighted by Gasteiger charge is 2.22. The van der Waals surface area contributed by atoms with Gasteiger partial charge in [-0.2, -0.15) is 0 Å². The van der Waals surface area contributed by atoms with Crippen LogP contribution >= 0.6 is 22.6 Å². The van der Waals surface area contributed by atoms with Crippen LogP contribution in [-0.2, 0) is 16.0 Å². The van der Waals surface area contributed by atoms with E-state index in [2.05, 4.69) is 27.9 Å². The Labute approximate surface area is 155 Å². The summed E-state index contributed by atoms with van der Waals surface area (Å²) >= 11 is 2.22. The molecule has 126 valence electrons. The largest absolute Gasteiger partial charge is 0.467 e. The quantitative estimate of drug-likeness (QED) is 0.576. The van der Waals surface area contributed by atoms with E-state index in [1.54, 1.807) is 0 Å². The van der Waals surface area contributed by atoms with Gasteiger partial charge in [0.1, 0.15) is 6.04 Å². The van der Waals surface area contributed by atoms with Gasteiger partial charge in [-0.3, -0.25) is 4.79 Å². The first kappa shape index (κ1) is 18.4. The van der Waals surface area contributed by atoms with Crippen LogP contribution in [0.1, 0.15) is 27.0 Å². The molecule has 4 nitrogen and oxygen atoms in total. The van der Waals surface area contributed by atoms with Crippen LogP contribution in [0.25, 0.3) is 0 Å². The van der Waals surface area contributed by atoms with Crippen molar-refractivity contribution in [3.8, 4) is 0 Å². The lowest BCUT2D eigenvalue weighted by molar-refractivity contribution is -0.142. The highest BCUT2D eigenvalue weighted by Crippen LogP contribution is 2.12. The number of carbonyl (C=O) groups excluding carboxylic acids is 2. The van der Waals surface area contributed by atoms with Crippen LogP contribution in [0.4, 0.5) is 0 Å². The average Bonchev–Trinajstić information content (AvgIpc) is 2.54. The topological polar surface area (TPSA) is 55.4 Å². The number of benzene rings is 2. The molecular weight excluding hydrogens is 417 g/mol. The maximum Gasteiger partial charge on any atom is 0.328 e. The smallest absolute Gasteiger partial charge is 0.328 e. The molecule has 0 heterocycles. The van der Waals surface area contributed by atoms with Gasteiger partial charge in [-0.1, -0.05) is 29.3 Å². The zero-order valence-electron chi connectivity index (χ0n) is 13.9. The monoisotopic (exact) mass is 437 g/mol. The average molecular weight is 437 g/mol. The molecule has 1 N–H and O–H groups in total. The third-order valence-corrected chi connectivity index (χ3v) is 4.35. The van der Waals surface area contributed by atoms with Crippen molar-refractivity contribution in [2.24, 2.45) is 0 Å². The van der Waals surface area contributed by atoms with Crippen molar-refractivity contribution in [2.45, 2.75) is 26.3 Å². The number of carbonyl (C=O) groups is 2. The first-order chi connectivity index (χ1) is 11.4. The number of esters is 1. The van der Waals surface area contributed by atoms with Crippen molar-refractivity contribution < 1.29 is 14.3 Å². The Morgan fingerprint density at radius 2 is 1.67 bits per heavy atom. The first-order valence-corrected chi connectivity index (χ1v) is 8.68. The molecule has 0 aliphatic rings. The summed E-state index contributed by atoms with van der Waals surface area (Å²) in [5.41, 5.74) is 3.52. The lowest BCUT2D eigenvalue weighted by Crippen LogP contribution is -2.43. The van der Waals surface area contributed by atoms with Crippen molar-refractivity contribution in [1.82, 2.24) is 5.32 Å². The second-order valence-electron chi connectivity index (χ2n) is 5.76. The third kappa shape index (κ3) is 5.06. The second kappa shape index (κ2) is 8.28. The number of methoxy groups -OCH3 is 1. The van der Waals surface area contributed by atoms with Crippen molar-refractivity contribution >= 4 is 34.5 Å². The normalized spacial score (nSPS) is 11.7. The molecule has 1 amide bonds. The molecule has 0 aliphatic heterocycles. The van der Waals surface area contributed by atoms with Crippen LogP contribution < -0.4 is 5.32 Å². The Kier molecular flexibility index (Phi) is 6.36. The summed E-state index contributed by atoms with van der Waals surface area (Å²) in [5.74, 6) is -0.728. The number of rotatable bonds is 5. The maximum atomic E-state index is 12.5. The van der Waals surface area contributed by atoms with E-state index < -0.39 is 12.0 Å².